The number of aliphatic hydroxyl groups is 3. The Morgan fingerprint density at radius 2 is 2.04 bits per heavy atom. The van der Waals surface area contributed by atoms with Crippen molar-refractivity contribution in [3.63, 3.8) is 0 Å². The molecule has 124 valence electrons. The first-order valence-electron chi connectivity index (χ1n) is 6.94. The van der Waals surface area contributed by atoms with Gasteiger partial charge in [-0.2, -0.15) is 0 Å². The molecule has 0 bridgehead atoms. The van der Waals surface area contributed by atoms with E-state index in [4.69, 9.17) is 20.8 Å². The number of thioether (sulfide) groups is 1. The summed E-state index contributed by atoms with van der Waals surface area (Å²) in [6.07, 6.45) is -3.48. The van der Waals surface area contributed by atoms with Crippen LogP contribution in [-0.2, 0) is 0 Å². The molecule has 8 heteroatoms. The number of rotatable bonds is 2. The third kappa shape index (κ3) is 3.07. The number of aryl methyl sites for hydroxylation is 1. The van der Waals surface area contributed by atoms with Gasteiger partial charge in [-0.15, -0.1) is 11.8 Å². The van der Waals surface area contributed by atoms with E-state index in [-0.39, 0.29) is 10.8 Å². The second-order valence-corrected chi connectivity index (χ2v) is 6.86. The van der Waals surface area contributed by atoms with Crippen LogP contribution in [0.4, 0.5) is 0 Å². The summed E-state index contributed by atoms with van der Waals surface area (Å²) >= 11 is 7.07. The Balaban J connectivity index is 1.90. The molecule has 4 atom stereocenters. The van der Waals surface area contributed by atoms with Crippen molar-refractivity contribution in [2.24, 2.45) is 0 Å². The van der Waals surface area contributed by atoms with Crippen LogP contribution in [0.1, 0.15) is 5.56 Å². The maximum Gasteiger partial charge on any atom is 0.355 e. The van der Waals surface area contributed by atoms with E-state index in [1.807, 2.05) is 0 Å². The standard InChI is InChI=1S/C15H15ClO6S/c1-6-8-3-2-7(4-10(8)22-14(20)11(6)16)21-15-13(19)12(18)9(17)5-23-15/h2-4,9,12-13,15,17-19H,5H2,1H3/t9-,12+,13-,15-/m1/s1. The maximum absolute atomic E-state index is 11.6. The number of halogens is 1. The Labute approximate surface area is 140 Å². The van der Waals surface area contributed by atoms with Gasteiger partial charge in [0.2, 0.25) is 0 Å². The van der Waals surface area contributed by atoms with E-state index in [9.17, 15) is 20.1 Å². The largest absolute Gasteiger partial charge is 0.477 e. The number of benzene rings is 1. The summed E-state index contributed by atoms with van der Waals surface area (Å²) in [5, 5.41) is 29.9. The Hall–Kier alpha value is -1.25. The molecule has 3 N–H and O–H groups in total. The van der Waals surface area contributed by atoms with E-state index >= 15 is 0 Å². The lowest BCUT2D eigenvalue weighted by Crippen LogP contribution is -2.50. The van der Waals surface area contributed by atoms with Crippen molar-refractivity contribution in [2.45, 2.75) is 30.7 Å². The predicted octanol–water partition coefficient (Wildman–Crippen LogP) is 1.29. The second kappa shape index (κ2) is 6.33. The maximum atomic E-state index is 11.6. The predicted molar refractivity (Wildman–Crippen MR) is 87.1 cm³/mol. The molecule has 0 unspecified atom stereocenters. The summed E-state index contributed by atoms with van der Waals surface area (Å²) in [6, 6.07) is 4.90. The van der Waals surface area contributed by atoms with Crippen LogP contribution in [-0.4, -0.2) is 44.8 Å². The molecule has 1 fully saturated rings. The van der Waals surface area contributed by atoms with Crippen LogP contribution < -0.4 is 10.4 Å². The molecular formula is C15H15ClO6S. The van der Waals surface area contributed by atoms with Gasteiger partial charge in [0.05, 0.1) is 6.10 Å². The quantitative estimate of drug-likeness (QED) is 0.695. The first-order valence-corrected chi connectivity index (χ1v) is 8.36. The molecule has 2 heterocycles. The van der Waals surface area contributed by atoms with Gasteiger partial charge < -0.3 is 24.5 Å². The number of hydrogen-bond donors (Lipinski definition) is 3. The molecule has 0 saturated carbocycles. The Morgan fingerprint density at radius 1 is 1.30 bits per heavy atom. The van der Waals surface area contributed by atoms with E-state index in [1.54, 1.807) is 19.1 Å². The van der Waals surface area contributed by atoms with Gasteiger partial charge in [-0.25, -0.2) is 4.79 Å². The number of fused-ring (bicyclic) bond motifs is 1. The minimum absolute atomic E-state index is 0.0431. The molecule has 2 aromatic rings. The molecule has 0 amide bonds. The molecular weight excluding hydrogens is 344 g/mol. The van der Waals surface area contributed by atoms with Crippen LogP contribution in [0.25, 0.3) is 11.0 Å². The normalized spacial score (nSPS) is 28.0. The van der Waals surface area contributed by atoms with Crippen molar-refractivity contribution in [3.05, 3.63) is 39.2 Å². The highest BCUT2D eigenvalue weighted by atomic mass is 35.5. The molecule has 1 aromatic carbocycles. The van der Waals surface area contributed by atoms with E-state index in [2.05, 4.69) is 0 Å². The van der Waals surface area contributed by atoms with E-state index in [0.29, 0.717) is 22.3 Å². The molecule has 3 rings (SSSR count). The van der Waals surface area contributed by atoms with Crippen LogP contribution in [0.2, 0.25) is 5.02 Å². The first-order chi connectivity index (χ1) is 10.9. The minimum Gasteiger partial charge on any atom is -0.477 e. The monoisotopic (exact) mass is 358 g/mol. The lowest BCUT2D eigenvalue weighted by Gasteiger charge is -2.34. The van der Waals surface area contributed by atoms with Crippen molar-refractivity contribution in [1.82, 2.24) is 0 Å². The summed E-state index contributed by atoms with van der Waals surface area (Å²) in [5.74, 6) is 0.628. The Morgan fingerprint density at radius 3 is 2.78 bits per heavy atom. The summed E-state index contributed by atoms with van der Waals surface area (Å²) in [4.78, 5) is 11.6. The average molecular weight is 359 g/mol. The number of aliphatic hydroxyl groups excluding tert-OH is 3. The highest BCUT2D eigenvalue weighted by Crippen LogP contribution is 2.31. The highest BCUT2D eigenvalue weighted by molar-refractivity contribution is 7.99. The summed E-state index contributed by atoms with van der Waals surface area (Å²) in [6.45, 7) is 1.72. The van der Waals surface area contributed by atoms with Crippen molar-refractivity contribution in [3.8, 4) is 5.75 Å². The fourth-order valence-electron chi connectivity index (χ4n) is 2.40. The van der Waals surface area contributed by atoms with Gasteiger partial charge in [-0.3, -0.25) is 0 Å². The van der Waals surface area contributed by atoms with Crippen molar-refractivity contribution in [1.29, 1.82) is 0 Å². The van der Waals surface area contributed by atoms with E-state index in [0.717, 1.165) is 0 Å². The fraction of sp³-hybridized carbons (Fsp3) is 0.400. The third-order valence-corrected chi connectivity index (χ3v) is 5.45. The van der Waals surface area contributed by atoms with Crippen LogP contribution in [0.3, 0.4) is 0 Å². The second-order valence-electron chi connectivity index (χ2n) is 5.35. The van der Waals surface area contributed by atoms with Gasteiger partial charge in [0.1, 0.15) is 28.6 Å². The minimum atomic E-state index is -1.26. The molecule has 1 aliphatic heterocycles. The topological polar surface area (TPSA) is 100 Å². The Bertz CT molecular complexity index is 791. The van der Waals surface area contributed by atoms with Gasteiger partial charge in [-0.1, -0.05) is 11.6 Å². The average Bonchev–Trinajstić information content (AvgIpc) is 2.53. The van der Waals surface area contributed by atoms with Gasteiger partial charge in [0.25, 0.3) is 0 Å². The summed E-state index contributed by atoms with van der Waals surface area (Å²) < 4.78 is 10.8. The molecule has 1 aliphatic rings. The van der Waals surface area contributed by atoms with Gasteiger partial charge in [0.15, 0.2) is 5.44 Å². The lowest BCUT2D eigenvalue weighted by atomic mass is 10.1. The molecule has 23 heavy (non-hydrogen) atoms. The highest BCUT2D eigenvalue weighted by Gasteiger charge is 2.38. The third-order valence-electron chi connectivity index (χ3n) is 3.77. The molecule has 1 aromatic heterocycles. The van der Waals surface area contributed by atoms with Crippen LogP contribution in [0.15, 0.2) is 27.4 Å². The molecule has 0 radical (unpaired) electrons. The smallest absolute Gasteiger partial charge is 0.355 e. The molecule has 0 aliphatic carbocycles. The van der Waals surface area contributed by atoms with E-state index < -0.39 is 29.4 Å². The van der Waals surface area contributed by atoms with Gasteiger partial charge >= 0.3 is 5.63 Å². The SMILES string of the molecule is Cc1c(Cl)c(=O)oc2cc(O[C@@H]3SC[C@@H](O)[C@H](O)[C@H]3O)ccc12. The van der Waals surface area contributed by atoms with Crippen molar-refractivity contribution < 1.29 is 24.5 Å². The van der Waals surface area contributed by atoms with Crippen molar-refractivity contribution in [2.75, 3.05) is 5.75 Å². The number of hydrogen-bond acceptors (Lipinski definition) is 7. The molecule has 0 spiro atoms. The molecule has 1 saturated heterocycles. The van der Waals surface area contributed by atoms with Crippen molar-refractivity contribution >= 4 is 34.3 Å². The van der Waals surface area contributed by atoms with Crippen LogP contribution >= 0.6 is 23.4 Å². The molecule has 6 nitrogen and oxygen atoms in total. The van der Waals surface area contributed by atoms with Crippen LogP contribution in [0, 0.1) is 6.92 Å². The van der Waals surface area contributed by atoms with Crippen LogP contribution in [0.5, 0.6) is 5.75 Å². The summed E-state index contributed by atoms with van der Waals surface area (Å²) in [5.41, 5.74) is -0.411. The Kier molecular flexibility index (Phi) is 4.57. The zero-order valence-electron chi connectivity index (χ0n) is 12.1. The lowest BCUT2D eigenvalue weighted by molar-refractivity contribution is -0.0786. The van der Waals surface area contributed by atoms with E-state index in [1.165, 1.54) is 17.8 Å². The zero-order valence-corrected chi connectivity index (χ0v) is 13.7. The van der Waals surface area contributed by atoms with Gasteiger partial charge in [-0.05, 0) is 24.6 Å². The zero-order chi connectivity index (χ0) is 16.7. The first kappa shape index (κ1) is 16.6. The number of ether oxygens (including phenoxy) is 1. The van der Waals surface area contributed by atoms with Gasteiger partial charge in [0, 0.05) is 17.2 Å². The fourth-order valence-corrected chi connectivity index (χ4v) is 3.67. The summed E-state index contributed by atoms with van der Waals surface area (Å²) in [7, 11) is 0.